The van der Waals surface area contributed by atoms with Crippen molar-refractivity contribution in [3.63, 3.8) is 0 Å². The molecule has 0 aliphatic heterocycles. The van der Waals surface area contributed by atoms with Gasteiger partial charge in [0.15, 0.2) is 0 Å². The van der Waals surface area contributed by atoms with Crippen molar-refractivity contribution in [3.05, 3.63) is 47.4 Å². The molecule has 0 saturated heterocycles. The number of ether oxygens (including phenoxy) is 1. The quantitative estimate of drug-likeness (QED) is 0.787. The van der Waals surface area contributed by atoms with E-state index in [1.165, 1.54) is 19.2 Å². The third-order valence-corrected chi connectivity index (χ3v) is 3.27. The number of hydrogen-bond donors (Lipinski definition) is 3. The van der Waals surface area contributed by atoms with Crippen LogP contribution in [-0.4, -0.2) is 19.0 Å². The number of primary amides is 1. The highest BCUT2D eigenvalue weighted by molar-refractivity contribution is 5.97. The summed E-state index contributed by atoms with van der Waals surface area (Å²) in [5, 5.41) is 5.38. The fourth-order valence-corrected chi connectivity index (χ4v) is 2.07. The molecular formula is C16H19N3O4. The van der Waals surface area contributed by atoms with E-state index in [9.17, 15) is 9.59 Å². The summed E-state index contributed by atoms with van der Waals surface area (Å²) >= 11 is 0. The summed E-state index contributed by atoms with van der Waals surface area (Å²) in [6, 6.07) is 7.41. The van der Waals surface area contributed by atoms with E-state index in [4.69, 9.17) is 14.9 Å². The zero-order chi connectivity index (χ0) is 17.0. The summed E-state index contributed by atoms with van der Waals surface area (Å²) < 4.78 is 10.6. The molecule has 1 atom stereocenters. The predicted molar refractivity (Wildman–Crippen MR) is 85.5 cm³/mol. The van der Waals surface area contributed by atoms with E-state index in [2.05, 4.69) is 10.6 Å². The normalized spacial score (nSPS) is 11.6. The van der Waals surface area contributed by atoms with Crippen LogP contribution in [0.3, 0.4) is 0 Å². The molecule has 0 bridgehead atoms. The molecule has 122 valence electrons. The van der Waals surface area contributed by atoms with Gasteiger partial charge in [0.1, 0.15) is 17.3 Å². The molecule has 23 heavy (non-hydrogen) atoms. The third kappa shape index (κ3) is 4.03. The molecule has 1 unspecified atom stereocenters. The lowest BCUT2D eigenvalue weighted by atomic mass is 10.2. The van der Waals surface area contributed by atoms with Crippen LogP contribution in [-0.2, 0) is 0 Å². The number of nitrogens with one attached hydrogen (secondary N) is 2. The van der Waals surface area contributed by atoms with Crippen molar-refractivity contribution in [1.82, 2.24) is 5.32 Å². The van der Waals surface area contributed by atoms with Gasteiger partial charge >= 0.3 is 6.03 Å². The Balaban J connectivity index is 2.10. The number of furan rings is 1. The molecule has 1 heterocycles. The highest BCUT2D eigenvalue weighted by atomic mass is 16.5. The van der Waals surface area contributed by atoms with E-state index in [-0.39, 0.29) is 11.6 Å². The van der Waals surface area contributed by atoms with Crippen molar-refractivity contribution in [1.29, 1.82) is 0 Å². The first-order valence-electron chi connectivity index (χ1n) is 7.02. The lowest BCUT2D eigenvalue weighted by molar-refractivity contribution is 0.1000. The summed E-state index contributed by atoms with van der Waals surface area (Å²) in [6.45, 7) is 3.63. The molecule has 0 aliphatic carbocycles. The average molecular weight is 317 g/mol. The Morgan fingerprint density at radius 1 is 1.26 bits per heavy atom. The van der Waals surface area contributed by atoms with E-state index >= 15 is 0 Å². The largest absolute Gasteiger partial charge is 0.495 e. The second kappa shape index (κ2) is 6.87. The second-order valence-corrected chi connectivity index (χ2v) is 5.05. The van der Waals surface area contributed by atoms with Gasteiger partial charge in [0.05, 0.1) is 18.8 Å². The smallest absolute Gasteiger partial charge is 0.319 e. The van der Waals surface area contributed by atoms with Crippen LogP contribution in [0.5, 0.6) is 5.75 Å². The zero-order valence-corrected chi connectivity index (χ0v) is 13.2. The minimum atomic E-state index is -0.587. The van der Waals surface area contributed by atoms with E-state index < -0.39 is 11.9 Å². The Labute approximate surface area is 133 Å². The number of benzene rings is 1. The third-order valence-electron chi connectivity index (χ3n) is 3.27. The maximum absolute atomic E-state index is 12.1. The fourth-order valence-electron chi connectivity index (χ4n) is 2.07. The Kier molecular flexibility index (Phi) is 4.90. The number of amides is 3. The maximum atomic E-state index is 12.1. The highest BCUT2D eigenvalue weighted by Crippen LogP contribution is 2.25. The van der Waals surface area contributed by atoms with Crippen LogP contribution in [0.2, 0.25) is 0 Å². The van der Waals surface area contributed by atoms with Crippen molar-refractivity contribution in [3.8, 4) is 5.75 Å². The molecule has 7 heteroatoms. The molecule has 2 rings (SSSR count). The summed E-state index contributed by atoms with van der Waals surface area (Å²) in [6.07, 6.45) is 0. The van der Waals surface area contributed by atoms with Crippen LogP contribution in [0.4, 0.5) is 10.5 Å². The SMILES string of the molecule is COc1ccc(C(N)=O)cc1NC(=O)NC(C)c1ccc(C)o1. The fraction of sp³-hybridized carbons (Fsp3) is 0.250. The summed E-state index contributed by atoms with van der Waals surface area (Å²) in [7, 11) is 1.47. The van der Waals surface area contributed by atoms with Crippen molar-refractivity contribution in [2.75, 3.05) is 12.4 Å². The average Bonchev–Trinajstić information content (AvgIpc) is 2.93. The number of carbonyl (C=O) groups excluding carboxylic acids is 2. The summed E-state index contributed by atoms with van der Waals surface area (Å²) in [5.74, 6) is 1.25. The van der Waals surface area contributed by atoms with Crippen LogP contribution >= 0.6 is 0 Å². The Hall–Kier alpha value is -2.96. The molecule has 0 spiro atoms. The minimum Gasteiger partial charge on any atom is -0.495 e. The van der Waals surface area contributed by atoms with Crippen LogP contribution in [0.25, 0.3) is 0 Å². The topological polar surface area (TPSA) is 107 Å². The number of methoxy groups -OCH3 is 1. The first-order valence-corrected chi connectivity index (χ1v) is 7.02. The van der Waals surface area contributed by atoms with Gasteiger partial charge in [-0.1, -0.05) is 0 Å². The van der Waals surface area contributed by atoms with Crippen molar-refractivity contribution >= 4 is 17.6 Å². The number of nitrogens with two attached hydrogens (primary N) is 1. The monoisotopic (exact) mass is 317 g/mol. The zero-order valence-electron chi connectivity index (χ0n) is 13.2. The molecule has 0 saturated carbocycles. The van der Waals surface area contributed by atoms with Gasteiger partial charge in [-0.15, -0.1) is 0 Å². The van der Waals surface area contributed by atoms with Gasteiger partial charge in [-0.2, -0.15) is 0 Å². The van der Waals surface area contributed by atoms with Gasteiger partial charge in [-0.05, 0) is 44.2 Å². The molecule has 2 aromatic rings. The van der Waals surface area contributed by atoms with Crippen LogP contribution < -0.4 is 21.1 Å². The molecule has 0 fully saturated rings. The minimum absolute atomic E-state index is 0.274. The van der Waals surface area contributed by atoms with Gasteiger partial charge < -0.3 is 25.5 Å². The lowest BCUT2D eigenvalue weighted by Gasteiger charge is -2.15. The van der Waals surface area contributed by atoms with Gasteiger partial charge in [-0.3, -0.25) is 4.79 Å². The first kappa shape index (κ1) is 16.4. The number of urea groups is 1. The highest BCUT2D eigenvalue weighted by Gasteiger charge is 2.15. The Morgan fingerprint density at radius 2 is 2.00 bits per heavy atom. The number of rotatable bonds is 5. The van der Waals surface area contributed by atoms with Gasteiger partial charge in [0, 0.05) is 5.56 Å². The lowest BCUT2D eigenvalue weighted by Crippen LogP contribution is -2.31. The molecule has 0 aliphatic rings. The number of aryl methyl sites for hydroxylation is 1. The summed E-state index contributed by atoms with van der Waals surface area (Å²) in [5.41, 5.74) is 5.87. The number of carbonyl (C=O) groups is 2. The van der Waals surface area contributed by atoms with Crippen LogP contribution in [0.15, 0.2) is 34.7 Å². The Morgan fingerprint density at radius 3 is 2.57 bits per heavy atom. The van der Waals surface area contributed by atoms with Crippen LogP contribution in [0.1, 0.15) is 34.8 Å². The molecular weight excluding hydrogens is 298 g/mol. The molecule has 3 amide bonds. The second-order valence-electron chi connectivity index (χ2n) is 5.05. The van der Waals surface area contributed by atoms with E-state index in [0.717, 1.165) is 5.76 Å². The maximum Gasteiger partial charge on any atom is 0.319 e. The van der Waals surface area contributed by atoms with Gasteiger partial charge in [-0.25, -0.2) is 4.79 Å². The predicted octanol–water partition coefficient (Wildman–Crippen LogP) is 2.58. The van der Waals surface area contributed by atoms with E-state index in [1.54, 1.807) is 19.1 Å². The molecule has 4 N–H and O–H groups in total. The van der Waals surface area contributed by atoms with Crippen molar-refractivity contribution in [2.45, 2.75) is 19.9 Å². The molecule has 7 nitrogen and oxygen atoms in total. The van der Waals surface area contributed by atoms with Crippen molar-refractivity contribution in [2.24, 2.45) is 5.73 Å². The summed E-state index contributed by atoms with van der Waals surface area (Å²) in [4.78, 5) is 23.4. The molecule has 1 aromatic carbocycles. The van der Waals surface area contributed by atoms with Crippen molar-refractivity contribution < 1.29 is 18.7 Å². The number of anilines is 1. The first-order chi connectivity index (χ1) is 10.9. The molecule has 1 aromatic heterocycles. The Bertz CT molecular complexity index is 724. The standard InChI is InChI=1S/C16H19N3O4/c1-9-4-6-13(23-9)10(2)18-16(21)19-12-8-11(15(17)20)5-7-14(12)22-3/h4-8,10H,1-3H3,(H2,17,20)(H2,18,19,21). The van der Waals surface area contributed by atoms with Gasteiger partial charge in [0.2, 0.25) is 5.91 Å². The number of hydrogen-bond acceptors (Lipinski definition) is 4. The van der Waals surface area contributed by atoms with E-state index in [0.29, 0.717) is 17.2 Å². The van der Waals surface area contributed by atoms with Crippen LogP contribution in [0, 0.1) is 6.92 Å². The molecule has 0 radical (unpaired) electrons. The van der Waals surface area contributed by atoms with Gasteiger partial charge in [0.25, 0.3) is 0 Å². The van der Waals surface area contributed by atoms with E-state index in [1.807, 2.05) is 13.0 Å².